The number of carbonyl (C=O) groups excluding carboxylic acids is 1. The van der Waals surface area contributed by atoms with Gasteiger partial charge in [0.1, 0.15) is 5.75 Å². The molecule has 1 N–H and O–H groups in total. The molecule has 0 aliphatic heterocycles. The zero-order valence-electron chi connectivity index (χ0n) is 17.9. The summed E-state index contributed by atoms with van der Waals surface area (Å²) in [6.07, 6.45) is 6.72. The summed E-state index contributed by atoms with van der Waals surface area (Å²) in [5.74, 6) is -0.532. The highest BCUT2D eigenvalue weighted by Gasteiger charge is 2.18. The Hall–Kier alpha value is -4.06. The van der Waals surface area contributed by atoms with Crippen molar-refractivity contribution < 1.29 is 19.4 Å². The van der Waals surface area contributed by atoms with Crippen molar-refractivity contribution >= 4 is 28.7 Å². The Balaban J connectivity index is 1.51. The van der Waals surface area contributed by atoms with Crippen LogP contribution in [0.4, 0.5) is 0 Å². The Kier molecular flexibility index (Phi) is 5.94. The molecule has 2 aromatic carbocycles. The standard InChI is InChI=1S/C26H24N2O4/c1-18(26(30)31)32-20-10-5-8-19(16-20)9-6-14-28-15-7-13-24(28)25(29)22-17-27(2)23-12-4-3-11-21(22)23/h3-13,15-18H,14H2,1-2H3,(H,30,31)/t18-/m0/s1. The van der Waals surface area contributed by atoms with Crippen molar-refractivity contribution in [3.8, 4) is 5.75 Å². The molecule has 0 fully saturated rings. The highest BCUT2D eigenvalue weighted by atomic mass is 16.5. The summed E-state index contributed by atoms with van der Waals surface area (Å²) in [5.41, 5.74) is 3.21. The number of nitrogens with zero attached hydrogens (tertiary/aromatic N) is 2. The van der Waals surface area contributed by atoms with E-state index in [0.717, 1.165) is 16.5 Å². The summed E-state index contributed by atoms with van der Waals surface area (Å²) in [6, 6.07) is 18.8. The second-order valence-corrected chi connectivity index (χ2v) is 7.62. The average molecular weight is 428 g/mol. The Morgan fingerprint density at radius 2 is 1.91 bits per heavy atom. The Morgan fingerprint density at radius 3 is 2.72 bits per heavy atom. The number of aromatic nitrogens is 2. The number of hydrogen-bond donors (Lipinski definition) is 1. The molecule has 2 heterocycles. The van der Waals surface area contributed by atoms with Crippen LogP contribution < -0.4 is 4.74 Å². The number of ether oxygens (including phenoxy) is 1. The normalized spacial score (nSPS) is 12.3. The van der Waals surface area contributed by atoms with E-state index in [0.29, 0.717) is 23.6 Å². The van der Waals surface area contributed by atoms with Crippen LogP contribution in [-0.2, 0) is 18.4 Å². The second-order valence-electron chi connectivity index (χ2n) is 7.62. The molecule has 0 radical (unpaired) electrons. The predicted molar refractivity (Wildman–Crippen MR) is 124 cm³/mol. The number of ketones is 1. The lowest BCUT2D eigenvalue weighted by molar-refractivity contribution is -0.144. The fourth-order valence-electron chi connectivity index (χ4n) is 3.69. The number of para-hydroxylation sites is 1. The van der Waals surface area contributed by atoms with Gasteiger partial charge in [0.2, 0.25) is 5.78 Å². The number of aliphatic carboxylic acids is 1. The largest absolute Gasteiger partial charge is 0.479 e. The van der Waals surface area contributed by atoms with Crippen LogP contribution in [0.3, 0.4) is 0 Å². The lowest BCUT2D eigenvalue weighted by atomic mass is 10.1. The number of carbonyl (C=O) groups is 2. The van der Waals surface area contributed by atoms with Crippen molar-refractivity contribution in [3.63, 3.8) is 0 Å². The third-order valence-electron chi connectivity index (χ3n) is 5.33. The minimum absolute atomic E-state index is 0.0155. The van der Waals surface area contributed by atoms with Gasteiger partial charge >= 0.3 is 5.97 Å². The van der Waals surface area contributed by atoms with Crippen LogP contribution in [0.1, 0.15) is 28.5 Å². The first-order chi connectivity index (χ1) is 15.4. The van der Waals surface area contributed by atoms with E-state index in [9.17, 15) is 9.59 Å². The van der Waals surface area contributed by atoms with E-state index in [1.54, 1.807) is 12.1 Å². The quantitative estimate of drug-likeness (QED) is 0.410. The lowest BCUT2D eigenvalue weighted by Crippen LogP contribution is -2.22. The van der Waals surface area contributed by atoms with Crippen molar-refractivity contribution in [2.45, 2.75) is 19.6 Å². The van der Waals surface area contributed by atoms with Crippen molar-refractivity contribution in [1.29, 1.82) is 0 Å². The number of carboxylic acid groups (broad SMARTS) is 1. The molecule has 0 saturated carbocycles. The average Bonchev–Trinajstić information content (AvgIpc) is 3.38. The second kappa shape index (κ2) is 8.98. The number of aryl methyl sites for hydroxylation is 1. The van der Waals surface area contributed by atoms with E-state index in [2.05, 4.69) is 0 Å². The Bertz CT molecular complexity index is 1310. The summed E-state index contributed by atoms with van der Waals surface area (Å²) < 4.78 is 9.30. The van der Waals surface area contributed by atoms with Gasteiger partial charge in [-0.15, -0.1) is 0 Å². The van der Waals surface area contributed by atoms with E-state index < -0.39 is 12.1 Å². The smallest absolute Gasteiger partial charge is 0.344 e. The molecule has 0 saturated heterocycles. The molecule has 162 valence electrons. The zero-order chi connectivity index (χ0) is 22.7. The van der Waals surface area contributed by atoms with Crippen molar-refractivity contribution in [2.24, 2.45) is 7.05 Å². The summed E-state index contributed by atoms with van der Waals surface area (Å²) >= 11 is 0. The Labute approximate surface area is 186 Å². The first kappa shape index (κ1) is 21.2. The van der Waals surface area contributed by atoms with Gasteiger partial charge in [-0.1, -0.05) is 42.5 Å². The van der Waals surface area contributed by atoms with E-state index >= 15 is 0 Å². The van der Waals surface area contributed by atoms with Gasteiger partial charge in [0.05, 0.1) is 5.69 Å². The molecule has 2 aromatic heterocycles. The maximum absolute atomic E-state index is 13.3. The van der Waals surface area contributed by atoms with E-state index in [4.69, 9.17) is 9.84 Å². The SMILES string of the molecule is C[C@H](Oc1cccc(C=CCn2cccc2C(=O)c2cn(C)c3ccccc23)c1)C(=O)O. The maximum Gasteiger partial charge on any atom is 0.344 e. The molecule has 0 spiro atoms. The fraction of sp³-hybridized carbons (Fsp3) is 0.154. The van der Waals surface area contributed by atoms with Gasteiger partial charge < -0.3 is 19.0 Å². The molecular formula is C26H24N2O4. The maximum atomic E-state index is 13.3. The van der Waals surface area contributed by atoms with Crippen molar-refractivity contribution in [1.82, 2.24) is 9.13 Å². The molecule has 6 heteroatoms. The van der Waals surface area contributed by atoms with Gasteiger partial charge in [0.15, 0.2) is 6.10 Å². The lowest BCUT2D eigenvalue weighted by Gasteiger charge is -2.10. The van der Waals surface area contributed by atoms with Crippen molar-refractivity contribution in [3.05, 3.63) is 96.0 Å². The minimum Gasteiger partial charge on any atom is -0.479 e. The summed E-state index contributed by atoms with van der Waals surface area (Å²) in [7, 11) is 1.94. The van der Waals surface area contributed by atoms with E-state index in [1.165, 1.54) is 6.92 Å². The minimum atomic E-state index is -1.01. The molecule has 0 bridgehead atoms. The molecule has 0 amide bonds. The number of benzene rings is 2. The highest BCUT2D eigenvalue weighted by molar-refractivity contribution is 6.15. The first-order valence-corrected chi connectivity index (χ1v) is 10.3. The number of hydrogen-bond acceptors (Lipinski definition) is 3. The van der Waals surface area contributed by atoms with Crippen LogP contribution in [-0.4, -0.2) is 32.1 Å². The van der Waals surface area contributed by atoms with Crippen LogP contribution in [0.5, 0.6) is 5.75 Å². The van der Waals surface area contributed by atoms with Gasteiger partial charge in [-0.25, -0.2) is 4.79 Å². The Morgan fingerprint density at radius 1 is 1.09 bits per heavy atom. The third-order valence-corrected chi connectivity index (χ3v) is 5.33. The molecule has 4 aromatic rings. The van der Waals surface area contributed by atoms with E-state index in [-0.39, 0.29) is 5.78 Å². The molecule has 0 aliphatic rings. The molecule has 4 rings (SSSR count). The molecule has 0 unspecified atom stereocenters. The van der Waals surface area contributed by atoms with Gasteiger partial charge in [-0.05, 0) is 42.8 Å². The highest BCUT2D eigenvalue weighted by Crippen LogP contribution is 2.23. The zero-order valence-corrected chi connectivity index (χ0v) is 17.9. The molecule has 0 aliphatic carbocycles. The summed E-state index contributed by atoms with van der Waals surface area (Å²) in [5, 5.41) is 9.94. The number of carboxylic acids is 1. The number of allylic oxidation sites excluding steroid dienone is 1. The van der Waals surface area contributed by atoms with Crippen LogP contribution >= 0.6 is 0 Å². The van der Waals surface area contributed by atoms with Crippen molar-refractivity contribution in [2.75, 3.05) is 0 Å². The van der Waals surface area contributed by atoms with Gasteiger partial charge in [-0.3, -0.25) is 4.79 Å². The van der Waals surface area contributed by atoms with Gasteiger partial charge in [-0.2, -0.15) is 0 Å². The number of rotatable bonds is 8. The molecular weight excluding hydrogens is 404 g/mol. The summed E-state index contributed by atoms with van der Waals surface area (Å²) in [4.78, 5) is 24.3. The van der Waals surface area contributed by atoms with E-state index in [1.807, 2.05) is 89.3 Å². The number of fused-ring (bicyclic) bond motifs is 1. The topological polar surface area (TPSA) is 73.5 Å². The monoisotopic (exact) mass is 428 g/mol. The predicted octanol–water partition coefficient (Wildman–Crippen LogP) is 4.78. The first-order valence-electron chi connectivity index (χ1n) is 10.3. The summed E-state index contributed by atoms with van der Waals surface area (Å²) in [6.45, 7) is 2.01. The van der Waals surface area contributed by atoms with Gasteiger partial charge in [0.25, 0.3) is 0 Å². The fourth-order valence-corrected chi connectivity index (χ4v) is 3.69. The van der Waals surface area contributed by atoms with Crippen LogP contribution in [0, 0.1) is 0 Å². The molecule has 1 atom stereocenters. The van der Waals surface area contributed by atoms with Crippen LogP contribution in [0.25, 0.3) is 17.0 Å². The third kappa shape index (κ3) is 4.34. The van der Waals surface area contributed by atoms with Crippen LogP contribution in [0.15, 0.2) is 79.1 Å². The molecule has 6 nitrogen and oxygen atoms in total. The molecule has 32 heavy (non-hydrogen) atoms. The van der Waals surface area contributed by atoms with Gasteiger partial charge in [0, 0.05) is 42.5 Å². The van der Waals surface area contributed by atoms with Crippen LogP contribution in [0.2, 0.25) is 0 Å².